The summed E-state index contributed by atoms with van der Waals surface area (Å²) in [5.41, 5.74) is 2.28. The van der Waals surface area contributed by atoms with Gasteiger partial charge in [-0.2, -0.15) is 0 Å². The highest BCUT2D eigenvalue weighted by atomic mass is 16.7. The van der Waals surface area contributed by atoms with E-state index in [0.29, 0.717) is 25.7 Å². The SMILES string of the molecule is Cc1ccc(C(C)C)c(OCC(=O)N2CCCC(C3OCCO3)C2)c1. The maximum Gasteiger partial charge on any atom is 0.260 e. The van der Waals surface area contributed by atoms with Crippen LogP contribution in [-0.4, -0.2) is 50.0 Å². The first-order chi connectivity index (χ1) is 12.0. The lowest BCUT2D eigenvalue weighted by Crippen LogP contribution is -2.45. The van der Waals surface area contributed by atoms with Crippen molar-refractivity contribution in [2.24, 2.45) is 5.92 Å². The number of hydrogen-bond donors (Lipinski definition) is 0. The molecule has 3 rings (SSSR count). The Kier molecular flexibility index (Phi) is 5.97. The lowest BCUT2D eigenvalue weighted by atomic mass is 9.97. The molecule has 1 unspecified atom stereocenters. The Morgan fingerprint density at radius 1 is 1.32 bits per heavy atom. The van der Waals surface area contributed by atoms with Gasteiger partial charge in [-0.15, -0.1) is 0 Å². The zero-order valence-corrected chi connectivity index (χ0v) is 15.5. The van der Waals surface area contributed by atoms with Crippen molar-refractivity contribution in [3.63, 3.8) is 0 Å². The Morgan fingerprint density at radius 3 is 2.80 bits per heavy atom. The zero-order chi connectivity index (χ0) is 17.8. The molecule has 25 heavy (non-hydrogen) atoms. The molecular weight excluding hydrogens is 318 g/mol. The summed E-state index contributed by atoms with van der Waals surface area (Å²) in [6.07, 6.45) is 1.88. The van der Waals surface area contributed by atoms with E-state index in [4.69, 9.17) is 14.2 Å². The van der Waals surface area contributed by atoms with Crippen molar-refractivity contribution in [2.45, 2.75) is 45.8 Å². The van der Waals surface area contributed by atoms with Gasteiger partial charge in [-0.3, -0.25) is 4.79 Å². The highest BCUT2D eigenvalue weighted by Crippen LogP contribution is 2.28. The molecule has 5 heteroatoms. The van der Waals surface area contributed by atoms with Crippen LogP contribution in [-0.2, 0) is 14.3 Å². The lowest BCUT2D eigenvalue weighted by Gasteiger charge is -2.34. The van der Waals surface area contributed by atoms with Gasteiger partial charge < -0.3 is 19.1 Å². The number of hydrogen-bond acceptors (Lipinski definition) is 4. The minimum absolute atomic E-state index is 0.0407. The number of benzene rings is 1. The van der Waals surface area contributed by atoms with Crippen molar-refractivity contribution >= 4 is 5.91 Å². The first kappa shape index (κ1) is 18.2. The van der Waals surface area contributed by atoms with Crippen molar-refractivity contribution in [3.05, 3.63) is 29.3 Å². The summed E-state index contributed by atoms with van der Waals surface area (Å²) in [7, 11) is 0. The van der Waals surface area contributed by atoms with E-state index in [1.54, 1.807) is 0 Å². The number of likely N-dealkylation sites (tertiary alicyclic amines) is 1. The fourth-order valence-electron chi connectivity index (χ4n) is 3.58. The lowest BCUT2D eigenvalue weighted by molar-refractivity contribution is -0.141. The maximum atomic E-state index is 12.6. The summed E-state index contributed by atoms with van der Waals surface area (Å²) >= 11 is 0. The molecule has 1 amide bonds. The van der Waals surface area contributed by atoms with Crippen molar-refractivity contribution in [3.8, 4) is 5.75 Å². The van der Waals surface area contributed by atoms with E-state index in [0.717, 1.165) is 36.3 Å². The number of rotatable bonds is 5. The molecule has 0 aliphatic carbocycles. The van der Waals surface area contributed by atoms with Crippen LogP contribution in [0, 0.1) is 12.8 Å². The summed E-state index contributed by atoms with van der Waals surface area (Å²) in [5, 5.41) is 0. The summed E-state index contributed by atoms with van der Waals surface area (Å²) in [6, 6.07) is 6.19. The third kappa shape index (κ3) is 4.53. The molecule has 0 N–H and O–H groups in total. The zero-order valence-electron chi connectivity index (χ0n) is 15.5. The number of carbonyl (C=O) groups excluding carboxylic acids is 1. The van der Waals surface area contributed by atoms with E-state index < -0.39 is 0 Å². The molecule has 0 radical (unpaired) electrons. The third-order valence-corrected chi connectivity index (χ3v) is 4.99. The van der Waals surface area contributed by atoms with Crippen molar-refractivity contribution in [1.29, 1.82) is 0 Å². The quantitative estimate of drug-likeness (QED) is 0.821. The Balaban J connectivity index is 1.58. The average Bonchev–Trinajstić information content (AvgIpc) is 3.14. The molecule has 2 heterocycles. The van der Waals surface area contributed by atoms with Gasteiger partial charge in [0.25, 0.3) is 5.91 Å². The van der Waals surface area contributed by atoms with E-state index in [9.17, 15) is 4.79 Å². The van der Waals surface area contributed by atoms with Gasteiger partial charge in [0.05, 0.1) is 13.2 Å². The van der Waals surface area contributed by atoms with E-state index in [2.05, 4.69) is 26.0 Å². The summed E-state index contributed by atoms with van der Waals surface area (Å²) in [6.45, 7) is 9.19. The first-order valence-corrected chi connectivity index (χ1v) is 9.29. The molecule has 2 fully saturated rings. The van der Waals surface area contributed by atoms with Crippen LogP contribution < -0.4 is 4.74 Å². The highest BCUT2D eigenvalue weighted by molar-refractivity contribution is 5.78. The molecule has 1 aromatic rings. The molecule has 5 nitrogen and oxygen atoms in total. The van der Waals surface area contributed by atoms with Gasteiger partial charge in [0.2, 0.25) is 0 Å². The number of ether oxygens (including phenoxy) is 3. The highest BCUT2D eigenvalue weighted by Gasteiger charge is 2.32. The van der Waals surface area contributed by atoms with Gasteiger partial charge in [0.15, 0.2) is 12.9 Å². The fourth-order valence-corrected chi connectivity index (χ4v) is 3.58. The third-order valence-electron chi connectivity index (χ3n) is 4.99. The number of carbonyl (C=O) groups is 1. The topological polar surface area (TPSA) is 48.0 Å². The van der Waals surface area contributed by atoms with Gasteiger partial charge in [-0.25, -0.2) is 0 Å². The Bertz CT molecular complexity index is 595. The van der Waals surface area contributed by atoms with Crippen LogP contribution in [0.25, 0.3) is 0 Å². The van der Waals surface area contributed by atoms with Crippen LogP contribution in [0.4, 0.5) is 0 Å². The largest absolute Gasteiger partial charge is 0.483 e. The van der Waals surface area contributed by atoms with Crippen molar-refractivity contribution < 1.29 is 19.0 Å². The number of amides is 1. The molecule has 0 spiro atoms. The summed E-state index contributed by atoms with van der Waals surface area (Å²) < 4.78 is 17.1. The van der Waals surface area contributed by atoms with Crippen LogP contribution in [0.5, 0.6) is 5.75 Å². The smallest absolute Gasteiger partial charge is 0.260 e. The maximum absolute atomic E-state index is 12.6. The standard InChI is InChI=1S/C20H29NO4/c1-14(2)17-7-6-15(3)11-18(17)25-13-19(22)21-8-4-5-16(12-21)20-23-9-10-24-20/h6-7,11,14,16,20H,4-5,8-10,12-13H2,1-3H3. The van der Waals surface area contributed by atoms with Gasteiger partial charge in [0.1, 0.15) is 5.75 Å². The minimum Gasteiger partial charge on any atom is -0.483 e. The number of nitrogens with zero attached hydrogens (tertiary/aromatic N) is 1. The predicted octanol–water partition coefficient (Wildman–Crippen LogP) is 3.11. The Hall–Kier alpha value is -1.59. The van der Waals surface area contributed by atoms with Gasteiger partial charge in [-0.1, -0.05) is 26.0 Å². The molecule has 2 aliphatic rings. The van der Waals surface area contributed by atoms with E-state index in [1.165, 1.54) is 0 Å². The van der Waals surface area contributed by atoms with Gasteiger partial charge in [-0.05, 0) is 42.9 Å². The summed E-state index contributed by atoms with van der Waals surface area (Å²) in [4.78, 5) is 14.5. The molecule has 2 saturated heterocycles. The molecule has 1 atom stereocenters. The van der Waals surface area contributed by atoms with E-state index in [1.807, 2.05) is 17.9 Å². The van der Waals surface area contributed by atoms with Gasteiger partial charge >= 0.3 is 0 Å². The van der Waals surface area contributed by atoms with Crippen LogP contribution in [0.15, 0.2) is 18.2 Å². The van der Waals surface area contributed by atoms with Gasteiger partial charge in [0, 0.05) is 19.0 Å². The molecule has 138 valence electrons. The monoisotopic (exact) mass is 347 g/mol. The molecule has 0 saturated carbocycles. The van der Waals surface area contributed by atoms with Crippen molar-refractivity contribution in [1.82, 2.24) is 4.90 Å². The van der Waals surface area contributed by atoms with Crippen LogP contribution in [0.3, 0.4) is 0 Å². The Morgan fingerprint density at radius 2 is 2.08 bits per heavy atom. The van der Waals surface area contributed by atoms with E-state index in [-0.39, 0.29) is 24.7 Å². The van der Waals surface area contributed by atoms with Crippen molar-refractivity contribution in [2.75, 3.05) is 32.9 Å². The molecular formula is C20H29NO4. The predicted molar refractivity (Wildman–Crippen MR) is 95.8 cm³/mol. The number of aryl methyl sites for hydroxylation is 1. The first-order valence-electron chi connectivity index (χ1n) is 9.29. The summed E-state index contributed by atoms with van der Waals surface area (Å²) in [5.74, 6) is 1.49. The molecule has 0 aromatic heterocycles. The van der Waals surface area contributed by atoms with Crippen LogP contribution in [0.1, 0.15) is 43.7 Å². The Labute approximate surface area is 150 Å². The average molecular weight is 347 g/mol. The second-order valence-electron chi connectivity index (χ2n) is 7.34. The second-order valence-corrected chi connectivity index (χ2v) is 7.34. The molecule has 2 aliphatic heterocycles. The molecule has 0 bridgehead atoms. The normalized spacial score (nSPS) is 21.8. The van der Waals surface area contributed by atoms with Crippen LogP contribution in [0.2, 0.25) is 0 Å². The van der Waals surface area contributed by atoms with Crippen LogP contribution >= 0.6 is 0 Å². The minimum atomic E-state index is -0.152. The fraction of sp³-hybridized carbons (Fsp3) is 0.650. The molecule has 1 aromatic carbocycles. The van der Waals surface area contributed by atoms with E-state index >= 15 is 0 Å². The second kappa shape index (κ2) is 8.19. The number of piperidine rings is 1.